The summed E-state index contributed by atoms with van der Waals surface area (Å²) in [5.41, 5.74) is 0. The quantitative estimate of drug-likeness (QED) is 0.797. The lowest BCUT2D eigenvalue weighted by atomic mass is 10.5. The van der Waals surface area contributed by atoms with Gasteiger partial charge >= 0.3 is 0 Å². The van der Waals surface area contributed by atoms with Gasteiger partial charge in [0.2, 0.25) is 0 Å². The molecule has 2 aromatic heterocycles. The van der Waals surface area contributed by atoms with Crippen LogP contribution in [0.3, 0.4) is 0 Å². The number of hydrogen-bond acceptors (Lipinski definition) is 3. The second-order valence-corrected chi connectivity index (χ2v) is 3.31. The molecule has 2 aromatic rings. The third-order valence-electron chi connectivity index (χ3n) is 1.53. The predicted octanol–water partition coefficient (Wildman–Crippen LogP) is 1.48. The smallest absolute Gasteiger partial charge is 0.149 e. The van der Waals surface area contributed by atoms with E-state index in [4.69, 9.17) is 0 Å². The Morgan fingerprint density at radius 3 is 2.69 bits per heavy atom. The van der Waals surface area contributed by atoms with Crippen molar-refractivity contribution in [1.82, 2.24) is 19.7 Å². The average Bonchev–Trinajstić information content (AvgIpc) is 2.53. The molecule has 0 aromatic carbocycles. The maximum absolute atomic E-state index is 4.16. The van der Waals surface area contributed by atoms with E-state index in [0.29, 0.717) is 6.54 Å². The number of nitrogens with zero attached hydrogens (tertiary/aromatic N) is 4. The summed E-state index contributed by atoms with van der Waals surface area (Å²) in [4.78, 5) is 8.19. The molecular formula is C8H7BrN4. The first-order valence-corrected chi connectivity index (χ1v) is 4.59. The van der Waals surface area contributed by atoms with E-state index in [1.165, 1.54) is 0 Å². The van der Waals surface area contributed by atoms with Crippen LogP contribution >= 0.6 is 15.9 Å². The highest BCUT2D eigenvalue weighted by atomic mass is 79.9. The standard InChI is InChI=1S/C8H7BrN4/c9-7-2-5-13(12-7)6-8-10-3-1-4-11-8/h1-5H,6H2. The zero-order valence-corrected chi connectivity index (χ0v) is 8.35. The average molecular weight is 239 g/mol. The van der Waals surface area contributed by atoms with Crippen molar-refractivity contribution in [1.29, 1.82) is 0 Å². The van der Waals surface area contributed by atoms with E-state index in [1.807, 2.05) is 12.3 Å². The summed E-state index contributed by atoms with van der Waals surface area (Å²) in [6, 6.07) is 3.67. The highest BCUT2D eigenvalue weighted by Gasteiger charge is 1.98. The zero-order valence-electron chi connectivity index (χ0n) is 6.76. The van der Waals surface area contributed by atoms with Gasteiger partial charge in [0.05, 0.1) is 0 Å². The van der Waals surface area contributed by atoms with Crippen molar-refractivity contribution in [3.63, 3.8) is 0 Å². The molecule has 0 N–H and O–H groups in total. The minimum Gasteiger partial charge on any atom is -0.264 e. The molecule has 0 saturated carbocycles. The highest BCUT2D eigenvalue weighted by molar-refractivity contribution is 9.10. The first kappa shape index (κ1) is 8.37. The van der Waals surface area contributed by atoms with Crippen molar-refractivity contribution >= 4 is 15.9 Å². The lowest BCUT2D eigenvalue weighted by Crippen LogP contribution is -2.03. The fourth-order valence-electron chi connectivity index (χ4n) is 0.981. The molecule has 0 radical (unpaired) electrons. The summed E-state index contributed by atoms with van der Waals surface area (Å²) in [6.07, 6.45) is 5.32. The third kappa shape index (κ3) is 2.12. The lowest BCUT2D eigenvalue weighted by Gasteiger charge is -1.98. The van der Waals surface area contributed by atoms with E-state index in [0.717, 1.165) is 10.4 Å². The summed E-state index contributed by atoms with van der Waals surface area (Å²) < 4.78 is 2.60. The van der Waals surface area contributed by atoms with Crippen LogP contribution in [0.25, 0.3) is 0 Å². The van der Waals surface area contributed by atoms with Crippen LogP contribution in [0.4, 0.5) is 0 Å². The van der Waals surface area contributed by atoms with Crippen LogP contribution in [-0.2, 0) is 6.54 Å². The normalized spacial score (nSPS) is 10.2. The molecule has 2 heterocycles. The number of halogens is 1. The molecule has 0 spiro atoms. The zero-order chi connectivity index (χ0) is 9.10. The summed E-state index contributed by atoms with van der Waals surface area (Å²) >= 11 is 3.27. The Morgan fingerprint density at radius 1 is 1.31 bits per heavy atom. The molecule has 0 aliphatic heterocycles. The summed E-state index contributed by atoms with van der Waals surface area (Å²) in [5, 5.41) is 4.16. The molecule has 0 fully saturated rings. The van der Waals surface area contributed by atoms with E-state index < -0.39 is 0 Å². The van der Waals surface area contributed by atoms with Gasteiger partial charge in [-0.2, -0.15) is 5.10 Å². The van der Waals surface area contributed by atoms with E-state index in [2.05, 4.69) is 31.0 Å². The van der Waals surface area contributed by atoms with Gasteiger partial charge in [0.15, 0.2) is 0 Å². The van der Waals surface area contributed by atoms with Crippen LogP contribution in [-0.4, -0.2) is 19.7 Å². The van der Waals surface area contributed by atoms with E-state index in [9.17, 15) is 0 Å². The largest absolute Gasteiger partial charge is 0.264 e. The molecule has 0 saturated heterocycles. The second-order valence-electron chi connectivity index (χ2n) is 2.50. The van der Waals surface area contributed by atoms with Crippen LogP contribution in [0.5, 0.6) is 0 Å². The molecular weight excluding hydrogens is 232 g/mol. The molecule has 2 rings (SSSR count). The van der Waals surface area contributed by atoms with E-state index in [-0.39, 0.29) is 0 Å². The molecule has 0 aliphatic rings. The van der Waals surface area contributed by atoms with Gasteiger partial charge in [-0.1, -0.05) is 0 Å². The number of hydrogen-bond donors (Lipinski definition) is 0. The fourth-order valence-corrected chi connectivity index (χ4v) is 1.30. The lowest BCUT2D eigenvalue weighted by molar-refractivity contribution is 0.651. The van der Waals surface area contributed by atoms with Crippen molar-refractivity contribution in [2.24, 2.45) is 0 Å². The molecule has 13 heavy (non-hydrogen) atoms. The van der Waals surface area contributed by atoms with Crippen LogP contribution < -0.4 is 0 Å². The Labute approximate surface area is 83.8 Å². The molecule has 0 bridgehead atoms. The molecule has 0 unspecified atom stereocenters. The third-order valence-corrected chi connectivity index (χ3v) is 1.95. The van der Waals surface area contributed by atoms with Gasteiger partial charge in [-0.05, 0) is 28.1 Å². The topological polar surface area (TPSA) is 43.6 Å². The van der Waals surface area contributed by atoms with Crippen LogP contribution in [0, 0.1) is 0 Å². The summed E-state index contributed by atoms with van der Waals surface area (Å²) in [6.45, 7) is 0.604. The van der Waals surface area contributed by atoms with Gasteiger partial charge in [0.25, 0.3) is 0 Å². The van der Waals surface area contributed by atoms with Gasteiger partial charge in [-0.15, -0.1) is 0 Å². The summed E-state index contributed by atoms with van der Waals surface area (Å²) in [7, 11) is 0. The van der Waals surface area contributed by atoms with Crippen LogP contribution in [0.1, 0.15) is 5.82 Å². The first-order valence-electron chi connectivity index (χ1n) is 3.79. The Morgan fingerprint density at radius 2 is 2.08 bits per heavy atom. The second kappa shape index (κ2) is 3.66. The van der Waals surface area contributed by atoms with Crippen LogP contribution in [0.2, 0.25) is 0 Å². The SMILES string of the molecule is Brc1ccn(Cc2ncccn2)n1. The fraction of sp³-hybridized carbons (Fsp3) is 0.125. The van der Waals surface area contributed by atoms with Gasteiger partial charge < -0.3 is 0 Å². The van der Waals surface area contributed by atoms with Crippen LogP contribution in [0.15, 0.2) is 35.3 Å². The van der Waals surface area contributed by atoms with Gasteiger partial charge in [-0.3, -0.25) is 4.68 Å². The van der Waals surface area contributed by atoms with Crippen molar-refractivity contribution in [3.8, 4) is 0 Å². The van der Waals surface area contributed by atoms with E-state index in [1.54, 1.807) is 23.1 Å². The van der Waals surface area contributed by atoms with Gasteiger partial charge in [0, 0.05) is 18.6 Å². The Bertz CT molecular complexity index is 384. The van der Waals surface area contributed by atoms with Crippen molar-refractivity contribution in [3.05, 3.63) is 41.2 Å². The minimum atomic E-state index is 0.604. The Balaban J connectivity index is 2.15. The minimum absolute atomic E-state index is 0.604. The number of rotatable bonds is 2. The molecule has 0 atom stereocenters. The monoisotopic (exact) mass is 238 g/mol. The highest BCUT2D eigenvalue weighted by Crippen LogP contribution is 2.04. The molecule has 66 valence electrons. The van der Waals surface area contributed by atoms with Crippen molar-refractivity contribution in [2.45, 2.75) is 6.54 Å². The first-order chi connectivity index (χ1) is 6.34. The predicted molar refractivity (Wildman–Crippen MR) is 51.1 cm³/mol. The number of aromatic nitrogens is 4. The van der Waals surface area contributed by atoms with E-state index >= 15 is 0 Å². The Hall–Kier alpha value is -1.23. The molecule has 0 aliphatic carbocycles. The van der Waals surface area contributed by atoms with Gasteiger partial charge in [0.1, 0.15) is 17.0 Å². The molecule has 4 nitrogen and oxygen atoms in total. The van der Waals surface area contributed by atoms with Gasteiger partial charge in [-0.25, -0.2) is 9.97 Å². The maximum atomic E-state index is 4.16. The molecule has 0 amide bonds. The van der Waals surface area contributed by atoms with Crippen molar-refractivity contribution < 1.29 is 0 Å². The maximum Gasteiger partial charge on any atom is 0.149 e. The Kier molecular flexibility index (Phi) is 2.35. The molecule has 5 heteroatoms. The van der Waals surface area contributed by atoms with Crippen molar-refractivity contribution in [2.75, 3.05) is 0 Å². The summed E-state index contributed by atoms with van der Waals surface area (Å²) in [5.74, 6) is 0.762.